The fourth-order valence-corrected chi connectivity index (χ4v) is 1.64. The number of hydrogen-bond donors (Lipinski definition) is 0. The molecule has 0 unspecified atom stereocenters. The number of rotatable bonds is 2. The largest absolute Gasteiger partial charge is 0.436 e. The van der Waals surface area contributed by atoms with E-state index >= 15 is 0 Å². The van der Waals surface area contributed by atoms with Gasteiger partial charge in [-0.2, -0.15) is 9.37 Å². The van der Waals surface area contributed by atoms with Gasteiger partial charge in [0.25, 0.3) is 11.8 Å². The summed E-state index contributed by atoms with van der Waals surface area (Å²) < 4.78 is 44.4. The van der Waals surface area contributed by atoms with Crippen LogP contribution in [0.2, 0.25) is 0 Å². The standard InChI is InChI=1S/C15H14F3NO/c1-15(2,3)9-5-4-6-10(7-9)20-14-12(17)8-11(16)13(18)19-14/h4-8H,1-3H3. The van der Waals surface area contributed by atoms with Crippen LogP contribution in [-0.2, 0) is 5.41 Å². The smallest absolute Gasteiger partial charge is 0.258 e. The highest BCUT2D eigenvalue weighted by atomic mass is 19.2. The van der Waals surface area contributed by atoms with E-state index < -0.39 is 23.5 Å². The number of aromatic nitrogens is 1. The summed E-state index contributed by atoms with van der Waals surface area (Å²) in [6.45, 7) is 6.05. The summed E-state index contributed by atoms with van der Waals surface area (Å²) in [6.07, 6.45) is 0. The zero-order valence-corrected chi connectivity index (χ0v) is 11.4. The Balaban J connectivity index is 2.33. The Morgan fingerprint density at radius 1 is 1.00 bits per heavy atom. The lowest BCUT2D eigenvalue weighted by Crippen LogP contribution is -2.10. The third-order valence-electron chi connectivity index (χ3n) is 2.77. The van der Waals surface area contributed by atoms with Gasteiger partial charge in [-0.15, -0.1) is 0 Å². The van der Waals surface area contributed by atoms with Crippen LogP contribution >= 0.6 is 0 Å². The van der Waals surface area contributed by atoms with E-state index in [1.54, 1.807) is 18.2 Å². The van der Waals surface area contributed by atoms with Gasteiger partial charge in [0.05, 0.1) is 0 Å². The van der Waals surface area contributed by atoms with Gasteiger partial charge < -0.3 is 4.74 Å². The molecule has 1 aromatic carbocycles. The van der Waals surface area contributed by atoms with E-state index in [-0.39, 0.29) is 5.41 Å². The van der Waals surface area contributed by atoms with Gasteiger partial charge in [0.2, 0.25) is 0 Å². The second kappa shape index (κ2) is 5.15. The lowest BCUT2D eigenvalue weighted by atomic mass is 9.87. The van der Waals surface area contributed by atoms with Crippen LogP contribution in [0.5, 0.6) is 11.6 Å². The summed E-state index contributed by atoms with van der Waals surface area (Å²) in [4.78, 5) is 3.12. The molecule has 0 saturated heterocycles. The summed E-state index contributed by atoms with van der Waals surface area (Å²) in [5.41, 5.74) is 0.859. The minimum absolute atomic E-state index is 0.112. The maximum Gasteiger partial charge on any atom is 0.258 e. The van der Waals surface area contributed by atoms with E-state index in [2.05, 4.69) is 4.98 Å². The Kier molecular flexibility index (Phi) is 3.70. The van der Waals surface area contributed by atoms with Crippen LogP contribution in [0, 0.1) is 17.6 Å². The van der Waals surface area contributed by atoms with Crippen molar-refractivity contribution in [2.45, 2.75) is 26.2 Å². The van der Waals surface area contributed by atoms with E-state index in [1.165, 1.54) is 0 Å². The number of benzene rings is 1. The van der Waals surface area contributed by atoms with Crippen LogP contribution in [0.1, 0.15) is 26.3 Å². The summed E-state index contributed by atoms with van der Waals surface area (Å²) in [7, 11) is 0. The fraction of sp³-hybridized carbons (Fsp3) is 0.267. The Morgan fingerprint density at radius 2 is 1.70 bits per heavy atom. The minimum Gasteiger partial charge on any atom is -0.436 e. The quantitative estimate of drug-likeness (QED) is 0.751. The monoisotopic (exact) mass is 281 g/mol. The predicted octanol–water partition coefficient (Wildman–Crippen LogP) is 4.59. The molecule has 0 N–H and O–H groups in total. The molecule has 1 heterocycles. The molecule has 0 radical (unpaired) electrons. The van der Waals surface area contributed by atoms with Crippen LogP contribution in [0.15, 0.2) is 30.3 Å². The molecule has 1 aromatic heterocycles. The summed E-state index contributed by atoms with van der Waals surface area (Å²) in [6, 6.07) is 7.36. The predicted molar refractivity (Wildman–Crippen MR) is 69.3 cm³/mol. The van der Waals surface area contributed by atoms with Crippen molar-refractivity contribution in [1.82, 2.24) is 4.98 Å². The molecule has 0 bridgehead atoms. The lowest BCUT2D eigenvalue weighted by molar-refractivity contribution is 0.386. The van der Waals surface area contributed by atoms with Gasteiger partial charge in [-0.25, -0.2) is 8.78 Å². The van der Waals surface area contributed by atoms with Crippen LogP contribution in [0.4, 0.5) is 13.2 Å². The summed E-state index contributed by atoms with van der Waals surface area (Å²) in [5.74, 6) is -4.07. The maximum atomic E-state index is 13.5. The Bertz CT molecular complexity index is 636. The van der Waals surface area contributed by atoms with Crippen molar-refractivity contribution in [2.75, 3.05) is 0 Å². The molecule has 5 heteroatoms. The van der Waals surface area contributed by atoms with Crippen molar-refractivity contribution in [3.05, 3.63) is 53.5 Å². The van der Waals surface area contributed by atoms with E-state index in [9.17, 15) is 13.2 Å². The van der Waals surface area contributed by atoms with Crippen molar-refractivity contribution in [1.29, 1.82) is 0 Å². The molecule has 0 aliphatic heterocycles. The number of hydrogen-bond acceptors (Lipinski definition) is 2. The number of halogens is 3. The van der Waals surface area contributed by atoms with Gasteiger partial charge in [-0.3, -0.25) is 0 Å². The zero-order valence-electron chi connectivity index (χ0n) is 11.4. The summed E-state index contributed by atoms with van der Waals surface area (Å²) >= 11 is 0. The van der Waals surface area contributed by atoms with E-state index in [0.717, 1.165) is 5.56 Å². The third kappa shape index (κ3) is 3.10. The number of nitrogens with zero attached hydrogens (tertiary/aromatic N) is 1. The molecule has 0 aliphatic rings. The Morgan fingerprint density at radius 3 is 2.35 bits per heavy atom. The first-order valence-electron chi connectivity index (χ1n) is 6.07. The maximum absolute atomic E-state index is 13.5. The molecule has 2 nitrogen and oxygen atoms in total. The Labute approximate surface area is 115 Å². The van der Waals surface area contributed by atoms with Crippen LogP contribution in [-0.4, -0.2) is 4.98 Å². The number of ether oxygens (including phenoxy) is 1. The third-order valence-corrected chi connectivity index (χ3v) is 2.77. The molecule has 106 valence electrons. The molecule has 0 amide bonds. The van der Waals surface area contributed by atoms with Crippen molar-refractivity contribution >= 4 is 0 Å². The zero-order chi connectivity index (χ0) is 14.9. The molecular formula is C15H14F3NO. The minimum atomic E-state index is -1.40. The molecule has 20 heavy (non-hydrogen) atoms. The molecular weight excluding hydrogens is 267 g/mol. The van der Waals surface area contributed by atoms with Gasteiger partial charge in [-0.1, -0.05) is 32.9 Å². The molecule has 0 saturated carbocycles. The highest BCUT2D eigenvalue weighted by molar-refractivity contribution is 5.35. The topological polar surface area (TPSA) is 22.1 Å². The van der Waals surface area contributed by atoms with E-state index in [4.69, 9.17) is 4.74 Å². The molecule has 2 rings (SSSR count). The van der Waals surface area contributed by atoms with Crippen molar-refractivity contribution < 1.29 is 17.9 Å². The molecule has 0 spiro atoms. The average molecular weight is 281 g/mol. The van der Waals surface area contributed by atoms with E-state index in [0.29, 0.717) is 11.8 Å². The van der Waals surface area contributed by atoms with Gasteiger partial charge in [0, 0.05) is 6.07 Å². The highest BCUT2D eigenvalue weighted by Gasteiger charge is 2.16. The van der Waals surface area contributed by atoms with Crippen molar-refractivity contribution in [3.8, 4) is 11.6 Å². The summed E-state index contributed by atoms with van der Waals surface area (Å²) in [5, 5.41) is 0. The van der Waals surface area contributed by atoms with Crippen LogP contribution in [0.3, 0.4) is 0 Å². The first kappa shape index (κ1) is 14.4. The molecule has 0 fully saturated rings. The van der Waals surface area contributed by atoms with Crippen molar-refractivity contribution in [2.24, 2.45) is 0 Å². The highest BCUT2D eigenvalue weighted by Crippen LogP contribution is 2.29. The van der Waals surface area contributed by atoms with Gasteiger partial charge in [0.15, 0.2) is 11.6 Å². The van der Waals surface area contributed by atoms with Gasteiger partial charge >= 0.3 is 0 Å². The van der Waals surface area contributed by atoms with Gasteiger partial charge in [-0.05, 0) is 23.1 Å². The first-order chi connectivity index (χ1) is 9.27. The van der Waals surface area contributed by atoms with Crippen LogP contribution < -0.4 is 4.74 Å². The van der Waals surface area contributed by atoms with E-state index in [1.807, 2.05) is 26.8 Å². The average Bonchev–Trinajstić information content (AvgIpc) is 2.35. The first-order valence-corrected chi connectivity index (χ1v) is 6.07. The van der Waals surface area contributed by atoms with Crippen molar-refractivity contribution in [3.63, 3.8) is 0 Å². The molecule has 2 aromatic rings. The van der Waals surface area contributed by atoms with Gasteiger partial charge in [0.1, 0.15) is 5.75 Å². The van der Waals surface area contributed by atoms with Crippen LogP contribution in [0.25, 0.3) is 0 Å². The molecule has 0 aliphatic carbocycles. The second-order valence-corrected chi connectivity index (χ2v) is 5.43. The Hall–Kier alpha value is -2.04. The fourth-order valence-electron chi connectivity index (χ4n) is 1.64. The number of pyridine rings is 1. The SMILES string of the molecule is CC(C)(C)c1cccc(Oc2nc(F)c(F)cc2F)c1. The lowest BCUT2D eigenvalue weighted by Gasteiger charge is -2.19. The molecule has 0 atom stereocenters. The second-order valence-electron chi connectivity index (χ2n) is 5.43. The normalized spacial score (nSPS) is 11.5.